The highest BCUT2D eigenvalue weighted by atomic mass is 14.9. The molecule has 0 unspecified atom stereocenters. The van der Waals surface area contributed by atoms with Gasteiger partial charge in [0.2, 0.25) is 0 Å². The van der Waals surface area contributed by atoms with Crippen LogP contribution in [0.5, 0.6) is 0 Å². The summed E-state index contributed by atoms with van der Waals surface area (Å²) in [6.07, 6.45) is 2.51. The summed E-state index contributed by atoms with van der Waals surface area (Å²) in [4.78, 5) is 0. The van der Waals surface area contributed by atoms with Crippen molar-refractivity contribution < 1.29 is 0 Å². The molecule has 0 spiro atoms. The van der Waals surface area contributed by atoms with Crippen molar-refractivity contribution >= 4 is 5.69 Å². The Morgan fingerprint density at radius 3 is 2.47 bits per heavy atom. The Balaban J connectivity index is 2.31. The van der Waals surface area contributed by atoms with Crippen molar-refractivity contribution in [2.75, 3.05) is 18.8 Å². The molecule has 2 rings (SSSR count). The van der Waals surface area contributed by atoms with Crippen LogP contribution in [0.3, 0.4) is 0 Å². The Bertz CT molecular complexity index is 352. The van der Waals surface area contributed by atoms with E-state index in [9.17, 15) is 0 Å². The topological polar surface area (TPSA) is 38.0 Å². The molecule has 82 valence electrons. The molecule has 0 radical (unpaired) electrons. The molecule has 1 aromatic rings. The van der Waals surface area contributed by atoms with Crippen LogP contribution in [0.2, 0.25) is 0 Å². The quantitative estimate of drug-likeness (QED) is 0.689. The van der Waals surface area contributed by atoms with Crippen LogP contribution in [-0.2, 0) is 0 Å². The highest BCUT2D eigenvalue weighted by Gasteiger charge is 2.17. The largest absolute Gasteiger partial charge is 0.399 e. The number of hydrogen-bond donors (Lipinski definition) is 2. The Hall–Kier alpha value is -1.02. The third-order valence-electron chi connectivity index (χ3n) is 3.65. The number of piperidine rings is 1. The van der Waals surface area contributed by atoms with Gasteiger partial charge in [0.1, 0.15) is 0 Å². The summed E-state index contributed by atoms with van der Waals surface area (Å²) in [5, 5.41) is 3.41. The molecule has 1 heterocycles. The van der Waals surface area contributed by atoms with Crippen molar-refractivity contribution in [3.63, 3.8) is 0 Å². The molecule has 0 aromatic heterocycles. The molecule has 3 N–H and O–H groups in total. The number of benzene rings is 1. The molecule has 0 saturated carbocycles. The van der Waals surface area contributed by atoms with Crippen LogP contribution in [0.4, 0.5) is 5.69 Å². The van der Waals surface area contributed by atoms with Gasteiger partial charge in [0.25, 0.3) is 0 Å². The van der Waals surface area contributed by atoms with Gasteiger partial charge in [0.15, 0.2) is 0 Å². The lowest BCUT2D eigenvalue weighted by atomic mass is 9.86. The van der Waals surface area contributed by atoms with Crippen LogP contribution in [-0.4, -0.2) is 13.1 Å². The van der Waals surface area contributed by atoms with Gasteiger partial charge in [0, 0.05) is 5.69 Å². The fourth-order valence-corrected chi connectivity index (χ4v) is 2.44. The normalized spacial score (nSPS) is 18.0. The second kappa shape index (κ2) is 4.23. The number of nitrogens with two attached hydrogens (primary N) is 1. The standard InChI is InChI=1S/C13H20N2/c1-9-10(2)13(14)4-3-12(9)11-5-7-15-8-6-11/h3-4,11,15H,5-8,14H2,1-2H3. The van der Waals surface area contributed by atoms with Crippen LogP contribution < -0.4 is 11.1 Å². The lowest BCUT2D eigenvalue weighted by Gasteiger charge is -2.25. The first kappa shape index (κ1) is 10.5. The van der Waals surface area contributed by atoms with E-state index in [1.165, 1.54) is 29.5 Å². The lowest BCUT2D eigenvalue weighted by Crippen LogP contribution is -2.27. The van der Waals surface area contributed by atoms with Crippen LogP contribution in [0.15, 0.2) is 12.1 Å². The van der Waals surface area contributed by atoms with Gasteiger partial charge in [-0.25, -0.2) is 0 Å². The molecule has 1 aliphatic heterocycles. The highest BCUT2D eigenvalue weighted by molar-refractivity contribution is 5.53. The number of hydrogen-bond acceptors (Lipinski definition) is 2. The van der Waals surface area contributed by atoms with E-state index in [2.05, 4.69) is 31.3 Å². The van der Waals surface area contributed by atoms with E-state index >= 15 is 0 Å². The average molecular weight is 204 g/mol. The summed E-state index contributed by atoms with van der Waals surface area (Å²) in [6.45, 7) is 6.61. The third kappa shape index (κ3) is 2.00. The fraction of sp³-hybridized carbons (Fsp3) is 0.538. The van der Waals surface area contributed by atoms with Gasteiger partial charge in [-0.1, -0.05) is 6.07 Å². The Morgan fingerprint density at radius 1 is 1.13 bits per heavy atom. The van der Waals surface area contributed by atoms with Gasteiger partial charge in [0.05, 0.1) is 0 Å². The molecule has 1 aromatic carbocycles. The van der Waals surface area contributed by atoms with E-state index in [-0.39, 0.29) is 0 Å². The molecular formula is C13H20N2. The van der Waals surface area contributed by atoms with Crippen molar-refractivity contribution in [3.8, 4) is 0 Å². The van der Waals surface area contributed by atoms with E-state index < -0.39 is 0 Å². The predicted molar refractivity (Wildman–Crippen MR) is 65.2 cm³/mol. The molecule has 0 aliphatic carbocycles. The van der Waals surface area contributed by atoms with E-state index in [1.807, 2.05) is 0 Å². The smallest absolute Gasteiger partial charge is 0.0346 e. The summed E-state index contributed by atoms with van der Waals surface area (Å²) in [6, 6.07) is 4.27. The van der Waals surface area contributed by atoms with E-state index in [1.54, 1.807) is 0 Å². The van der Waals surface area contributed by atoms with E-state index in [0.717, 1.165) is 24.7 Å². The van der Waals surface area contributed by atoms with E-state index in [4.69, 9.17) is 5.73 Å². The Labute approximate surface area is 91.9 Å². The second-order valence-electron chi connectivity index (χ2n) is 4.52. The Kier molecular flexibility index (Phi) is 2.96. The summed E-state index contributed by atoms with van der Waals surface area (Å²) in [5.41, 5.74) is 11.0. The monoisotopic (exact) mass is 204 g/mol. The molecule has 1 saturated heterocycles. The minimum atomic E-state index is 0.727. The Morgan fingerprint density at radius 2 is 1.80 bits per heavy atom. The molecule has 1 aliphatic rings. The number of nitrogen functional groups attached to an aromatic ring is 1. The maximum atomic E-state index is 5.91. The van der Waals surface area contributed by atoms with Gasteiger partial charge in [-0.3, -0.25) is 0 Å². The van der Waals surface area contributed by atoms with Crippen LogP contribution in [0.1, 0.15) is 35.4 Å². The van der Waals surface area contributed by atoms with Gasteiger partial charge in [-0.2, -0.15) is 0 Å². The zero-order chi connectivity index (χ0) is 10.8. The summed E-state index contributed by atoms with van der Waals surface area (Å²) in [5.74, 6) is 0.727. The maximum Gasteiger partial charge on any atom is 0.0346 e. The average Bonchev–Trinajstić information content (AvgIpc) is 2.27. The number of anilines is 1. The molecule has 2 heteroatoms. The van der Waals surface area contributed by atoms with Gasteiger partial charge < -0.3 is 11.1 Å². The van der Waals surface area contributed by atoms with Gasteiger partial charge in [-0.15, -0.1) is 0 Å². The van der Waals surface area contributed by atoms with Crippen molar-refractivity contribution in [2.24, 2.45) is 0 Å². The third-order valence-corrected chi connectivity index (χ3v) is 3.65. The van der Waals surface area contributed by atoms with Crippen molar-refractivity contribution in [3.05, 3.63) is 28.8 Å². The molecule has 15 heavy (non-hydrogen) atoms. The number of nitrogens with one attached hydrogen (secondary N) is 1. The van der Waals surface area contributed by atoms with Gasteiger partial charge >= 0.3 is 0 Å². The number of rotatable bonds is 1. The first-order valence-corrected chi connectivity index (χ1v) is 5.76. The predicted octanol–water partition coefficient (Wildman–Crippen LogP) is 2.35. The summed E-state index contributed by atoms with van der Waals surface area (Å²) >= 11 is 0. The van der Waals surface area contributed by atoms with Crippen molar-refractivity contribution in [1.29, 1.82) is 0 Å². The van der Waals surface area contributed by atoms with E-state index in [0.29, 0.717) is 0 Å². The minimum absolute atomic E-state index is 0.727. The zero-order valence-electron chi connectivity index (χ0n) is 9.64. The fourth-order valence-electron chi connectivity index (χ4n) is 2.44. The lowest BCUT2D eigenvalue weighted by molar-refractivity contribution is 0.459. The van der Waals surface area contributed by atoms with Crippen LogP contribution in [0.25, 0.3) is 0 Å². The summed E-state index contributed by atoms with van der Waals surface area (Å²) < 4.78 is 0. The first-order valence-electron chi connectivity index (χ1n) is 5.76. The first-order chi connectivity index (χ1) is 7.20. The maximum absolute atomic E-state index is 5.91. The molecular weight excluding hydrogens is 184 g/mol. The van der Waals surface area contributed by atoms with Crippen LogP contribution in [0, 0.1) is 13.8 Å². The molecule has 0 bridgehead atoms. The molecule has 2 nitrogen and oxygen atoms in total. The van der Waals surface area contributed by atoms with Gasteiger partial charge in [-0.05, 0) is 68.5 Å². The molecule has 1 fully saturated rings. The second-order valence-corrected chi connectivity index (χ2v) is 4.52. The van der Waals surface area contributed by atoms with Crippen molar-refractivity contribution in [1.82, 2.24) is 5.32 Å². The van der Waals surface area contributed by atoms with Crippen LogP contribution >= 0.6 is 0 Å². The molecule has 0 amide bonds. The zero-order valence-corrected chi connectivity index (χ0v) is 9.64. The van der Waals surface area contributed by atoms with Crippen molar-refractivity contribution in [2.45, 2.75) is 32.6 Å². The highest BCUT2D eigenvalue weighted by Crippen LogP contribution is 2.31. The summed E-state index contributed by atoms with van der Waals surface area (Å²) in [7, 11) is 0. The SMILES string of the molecule is Cc1c(N)ccc(C2CCNCC2)c1C. The minimum Gasteiger partial charge on any atom is -0.399 e. The molecule has 0 atom stereocenters.